The van der Waals surface area contributed by atoms with Gasteiger partial charge in [0.25, 0.3) is 5.91 Å². The van der Waals surface area contributed by atoms with Crippen LogP contribution in [0.1, 0.15) is 10.4 Å². The van der Waals surface area contributed by atoms with Crippen molar-refractivity contribution in [2.45, 2.75) is 6.54 Å². The molecule has 0 amide bonds. The van der Waals surface area contributed by atoms with Crippen molar-refractivity contribution >= 4 is 34.2 Å². The van der Waals surface area contributed by atoms with Gasteiger partial charge in [0.1, 0.15) is 5.75 Å². The number of nitrogens with one attached hydrogen (secondary N) is 1. The lowest BCUT2D eigenvalue weighted by atomic mass is 10.1. The summed E-state index contributed by atoms with van der Waals surface area (Å²) in [6, 6.07) is 24.5. The van der Waals surface area contributed by atoms with Crippen LogP contribution in [0, 0.1) is 0 Å². The van der Waals surface area contributed by atoms with E-state index in [1.807, 2.05) is 60.7 Å². The van der Waals surface area contributed by atoms with Gasteiger partial charge in [0, 0.05) is 11.6 Å². The van der Waals surface area contributed by atoms with Gasteiger partial charge in [0.05, 0.1) is 6.26 Å². The molecule has 0 radical (unpaired) electrons. The average molecular weight is 459 g/mol. The van der Waals surface area contributed by atoms with E-state index in [9.17, 15) is 4.79 Å². The molecule has 2 aromatic heterocycles. The zero-order valence-electron chi connectivity index (χ0n) is 17.4. The molecule has 0 atom stereocenters. The molecule has 0 aliphatic rings. The molecule has 0 saturated carbocycles. The van der Waals surface area contributed by atoms with Gasteiger partial charge in [-0.2, -0.15) is 9.67 Å². The second kappa shape index (κ2) is 9.18. The number of fused-ring (bicyclic) bond motifs is 1. The largest absolute Gasteiger partial charge is 0.484 e. The third-order valence-electron chi connectivity index (χ3n) is 5.01. The maximum absolute atomic E-state index is 13.0. The number of nitrogens with zero attached hydrogens (tertiary/aromatic N) is 3. The van der Waals surface area contributed by atoms with Crippen LogP contribution in [0.15, 0.2) is 89.5 Å². The molecule has 0 bridgehead atoms. The summed E-state index contributed by atoms with van der Waals surface area (Å²) in [5, 5.41) is 10.3. The highest BCUT2D eigenvalue weighted by atomic mass is 35.5. The number of aromatic nitrogens is 3. The van der Waals surface area contributed by atoms with Crippen LogP contribution in [0.3, 0.4) is 0 Å². The van der Waals surface area contributed by atoms with Crippen LogP contribution in [0.5, 0.6) is 5.75 Å². The Kier molecular flexibility index (Phi) is 5.78. The molecule has 3 aromatic carbocycles. The minimum absolute atomic E-state index is 0.203. The van der Waals surface area contributed by atoms with Crippen molar-refractivity contribution in [1.29, 1.82) is 0 Å². The van der Waals surface area contributed by atoms with Gasteiger partial charge in [0.15, 0.2) is 12.4 Å². The number of hydrogen-bond donors (Lipinski definition) is 1. The molecular weight excluding hydrogens is 440 g/mol. The normalized spacial score (nSPS) is 10.9. The fraction of sp³-hybridized carbons (Fsp3) is 0.0800. The number of ether oxygens (including phenoxy) is 1. The summed E-state index contributed by atoms with van der Waals surface area (Å²) in [5.74, 6) is 1.27. The third kappa shape index (κ3) is 4.73. The first-order chi connectivity index (χ1) is 16.2. The Morgan fingerprint density at radius 2 is 1.88 bits per heavy atom. The van der Waals surface area contributed by atoms with E-state index >= 15 is 0 Å². The molecule has 0 saturated heterocycles. The molecule has 5 rings (SSSR count). The highest BCUT2D eigenvalue weighted by Gasteiger charge is 2.19. The van der Waals surface area contributed by atoms with Gasteiger partial charge >= 0.3 is 0 Å². The highest BCUT2D eigenvalue weighted by molar-refractivity contribution is 6.30. The van der Waals surface area contributed by atoms with Gasteiger partial charge in [-0.3, -0.25) is 4.79 Å². The van der Waals surface area contributed by atoms with Crippen LogP contribution in [-0.4, -0.2) is 27.3 Å². The zero-order chi connectivity index (χ0) is 22.6. The predicted molar refractivity (Wildman–Crippen MR) is 127 cm³/mol. The van der Waals surface area contributed by atoms with Crippen LogP contribution in [0.4, 0.5) is 5.95 Å². The summed E-state index contributed by atoms with van der Waals surface area (Å²) >= 11 is 6.07. The molecule has 0 spiro atoms. The summed E-state index contributed by atoms with van der Waals surface area (Å²) in [6.45, 7) is 0.209. The standard InChI is InChI=1S/C25H19ClN4O3/c26-20-8-3-5-17(13-20)15-27-25-28-24(22-9-4-12-32-22)29-30(25)23(31)16-33-21-11-10-18-6-1-2-7-19(18)14-21/h1-14H,15-16H2,(H,27,28,29). The zero-order valence-corrected chi connectivity index (χ0v) is 18.2. The van der Waals surface area contributed by atoms with Crippen molar-refractivity contribution in [2.24, 2.45) is 0 Å². The van der Waals surface area contributed by atoms with Gasteiger partial charge < -0.3 is 14.5 Å². The smallest absolute Gasteiger partial charge is 0.287 e. The fourth-order valence-electron chi connectivity index (χ4n) is 3.40. The quantitative estimate of drug-likeness (QED) is 0.338. The number of carbonyl (C=O) groups is 1. The molecule has 7 nitrogen and oxygen atoms in total. The molecule has 0 unspecified atom stereocenters. The van der Waals surface area contributed by atoms with Gasteiger partial charge in [-0.1, -0.05) is 54.1 Å². The molecule has 164 valence electrons. The average Bonchev–Trinajstić information content (AvgIpc) is 3.51. The molecule has 5 aromatic rings. The van der Waals surface area contributed by atoms with Crippen LogP contribution < -0.4 is 10.1 Å². The minimum Gasteiger partial charge on any atom is -0.484 e. The lowest BCUT2D eigenvalue weighted by Gasteiger charge is -2.09. The van der Waals surface area contributed by atoms with Crippen molar-refractivity contribution in [2.75, 3.05) is 11.9 Å². The maximum Gasteiger partial charge on any atom is 0.287 e. The van der Waals surface area contributed by atoms with E-state index in [1.165, 1.54) is 10.9 Å². The Morgan fingerprint density at radius 3 is 2.70 bits per heavy atom. The van der Waals surface area contributed by atoms with Crippen LogP contribution >= 0.6 is 11.6 Å². The van der Waals surface area contributed by atoms with Crippen molar-refractivity contribution in [3.05, 3.63) is 95.7 Å². The number of benzene rings is 3. The number of hydrogen-bond acceptors (Lipinski definition) is 6. The molecule has 33 heavy (non-hydrogen) atoms. The topological polar surface area (TPSA) is 82.2 Å². The number of anilines is 1. The molecule has 2 heterocycles. The van der Waals surface area contributed by atoms with Gasteiger partial charge in [-0.15, -0.1) is 5.10 Å². The number of rotatable bonds is 7. The summed E-state index contributed by atoms with van der Waals surface area (Å²) in [7, 11) is 0. The molecule has 0 aliphatic carbocycles. The monoisotopic (exact) mass is 458 g/mol. The summed E-state index contributed by atoms with van der Waals surface area (Å²) < 4.78 is 12.3. The van der Waals surface area contributed by atoms with Gasteiger partial charge in [-0.05, 0) is 52.7 Å². The SMILES string of the molecule is O=C(COc1ccc2ccccc2c1)n1nc(-c2ccco2)nc1NCc1cccc(Cl)c1. The Morgan fingerprint density at radius 1 is 1.00 bits per heavy atom. The first kappa shape index (κ1) is 20.8. The van der Waals surface area contributed by atoms with Gasteiger partial charge in [-0.25, -0.2) is 0 Å². The Balaban J connectivity index is 1.35. The first-order valence-electron chi connectivity index (χ1n) is 10.3. The Labute approximate surface area is 194 Å². The lowest BCUT2D eigenvalue weighted by molar-refractivity contribution is 0.0824. The Bertz CT molecular complexity index is 1410. The number of halogens is 1. The molecular formula is C25H19ClN4O3. The van der Waals surface area contributed by atoms with Crippen molar-refractivity contribution in [1.82, 2.24) is 14.8 Å². The van der Waals surface area contributed by atoms with E-state index in [0.29, 0.717) is 28.9 Å². The Hall–Kier alpha value is -4.10. The van der Waals surface area contributed by atoms with E-state index in [0.717, 1.165) is 16.3 Å². The minimum atomic E-state index is -0.373. The maximum atomic E-state index is 13.0. The molecule has 1 N–H and O–H groups in total. The van der Waals surface area contributed by atoms with Crippen molar-refractivity contribution in [3.8, 4) is 17.3 Å². The third-order valence-corrected chi connectivity index (χ3v) is 5.24. The second-order valence-corrected chi connectivity index (χ2v) is 7.76. The summed E-state index contributed by atoms with van der Waals surface area (Å²) in [5.41, 5.74) is 0.941. The summed E-state index contributed by atoms with van der Waals surface area (Å²) in [4.78, 5) is 17.4. The number of carbonyl (C=O) groups excluding carboxylic acids is 1. The van der Waals surface area contributed by atoms with Crippen LogP contribution in [0.2, 0.25) is 5.02 Å². The molecule has 0 aliphatic heterocycles. The van der Waals surface area contributed by atoms with Gasteiger partial charge in [0.2, 0.25) is 11.8 Å². The molecule has 8 heteroatoms. The second-order valence-electron chi connectivity index (χ2n) is 7.32. The predicted octanol–water partition coefficient (Wildman–Crippen LogP) is 5.68. The van der Waals surface area contributed by atoms with E-state index < -0.39 is 0 Å². The van der Waals surface area contributed by atoms with Crippen LogP contribution in [-0.2, 0) is 6.54 Å². The van der Waals surface area contributed by atoms with E-state index in [2.05, 4.69) is 15.4 Å². The molecule has 0 fully saturated rings. The first-order valence-corrected chi connectivity index (χ1v) is 10.7. The highest BCUT2D eigenvalue weighted by Crippen LogP contribution is 2.22. The van der Waals surface area contributed by atoms with E-state index in [4.69, 9.17) is 20.8 Å². The van der Waals surface area contributed by atoms with Crippen molar-refractivity contribution < 1.29 is 13.9 Å². The number of furan rings is 1. The fourth-order valence-corrected chi connectivity index (χ4v) is 3.61. The van der Waals surface area contributed by atoms with Crippen LogP contribution in [0.25, 0.3) is 22.4 Å². The van der Waals surface area contributed by atoms with E-state index in [1.54, 1.807) is 18.2 Å². The van der Waals surface area contributed by atoms with Crippen molar-refractivity contribution in [3.63, 3.8) is 0 Å². The lowest BCUT2D eigenvalue weighted by Crippen LogP contribution is -2.22. The summed E-state index contributed by atoms with van der Waals surface area (Å²) in [6.07, 6.45) is 1.53. The van der Waals surface area contributed by atoms with E-state index in [-0.39, 0.29) is 18.5 Å².